The van der Waals surface area contributed by atoms with Gasteiger partial charge in [0.15, 0.2) is 17.5 Å². The molecule has 0 unspecified atom stereocenters. The molecular weight excluding hydrogens is 534 g/mol. The Balaban J connectivity index is 1.30. The van der Waals surface area contributed by atoms with Gasteiger partial charge in [0, 0.05) is 16.7 Å². The first kappa shape index (κ1) is 25.8. The molecule has 0 bridgehead atoms. The van der Waals surface area contributed by atoms with Crippen LogP contribution in [-0.4, -0.2) is 15.0 Å². The van der Waals surface area contributed by atoms with Gasteiger partial charge in [-0.1, -0.05) is 158 Å². The first-order chi connectivity index (χ1) is 21.8. The molecule has 0 saturated heterocycles. The van der Waals surface area contributed by atoms with E-state index in [1.165, 1.54) is 33.0 Å². The lowest BCUT2D eigenvalue weighted by atomic mass is 9.91. The van der Waals surface area contributed by atoms with E-state index in [1.54, 1.807) is 0 Å². The first-order valence-corrected chi connectivity index (χ1v) is 14.8. The summed E-state index contributed by atoms with van der Waals surface area (Å²) in [6.07, 6.45) is 0. The van der Waals surface area contributed by atoms with E-state index in [0.717, 1.165) is 27.5 Å². The maximum absolute atomic E-state index is 5.02. The zero-order valence-corrected chi connectivity index (χ0v) is 23.9. The smallest absolute Gasteiger partial charge is 0.164 e. The number of fused-ring (bicyclic) bond motifs is 2. The Bertz CT molecular complexity index is 2200. The van der Waals surface area contributed by atoms with Gasteiger partial charge in [-0.3, -0.25) is 0 Å². The van der Waals surface area contributed by atoms with Crippen molar-refractivity contribution in [1.82, 2.24) is 15.0 Å². The molecule has 8 rings (SSSR count). The van der Waals surface area contributed by atoms with Crippen molar-refractivity contribution in [3.05, 3.63) is 164 Å². The Hall–Kier alpha value is -5.93. The third-order valence-corrected chi connectivity index (χ3v) is 8.14. The predicted molar refractivity (Wildman–Crippen MR) is 182 cm³/mol. The van der Waals surface area contributed by atoms with Gasteiger partial charge >= 0.3 is 0 Å². The van der Waals surface area contributed by atoms with Crippen molar-refractivity contribution in [2.45, 2.75) is 0 Å². The minimum atomic E-state index is 0.658. The molecule has 0 radical (unpaired) electrons. The van der Waals surface area contributed by atoms with Gasteiger partial charge in [-0.15, -0.1) is 0 Å². The van der Waals surface area contributed by atoms with Crippen molar-refractivity contribution in [2.24, 2.45) is 0 Å². The van der Waals surface area contributed by atoms with Gasteiger partial charge in [0.05, 0.1) is 0 Å². The molecule has 0 spiro atoms. The van der Waals surface area contributed by atoms with Crippen molar-refractivity contribution in [1.29, 1.82) is 0 Å². The molecule has 206 valence electrons. The molecule has 1 aromatic heterocycles. The lowest BCUT2D eigenvalue weighted by Crippen LogP contribution is -2.00. The van der Waals surface area contributed by atoms with Gasteiger partial charge in [0.2, 0.25) is 0 Å². The van der Waals surface area contributed by atoms with Crippen LogP contribution in [0.2, 0.25) is 0 Å². The Morgan fingerprint density at radius 3 is 1.36 bits per heavy atom. The molecular formula is C41H27N3. The molecule has 0 aliphatic heterocycles. The normalized spacial score (nSPS) is 11.2. The SMILES string of the molecule is c1ccc(-c2ccc3c(-c4cccc5c(-c6nc(-c7ccccc7)nc(-c7ccccc7)n6)cccc45)cccc3c2)cc1. The van der Waals surface area contributed by atoms with Gasteiger partial charge in [0.25, 0.3) is 0 Å². The van der Waals surface area contributed by atoms with E-state index in [0.29, 0.717) is 17.5 Å². The second-order valence-corrected chi connectivity index (χ2v) is 10.9. The summed E-state index contributed by atoms with van der Waals surface area (Å²) in [5.74, 6) is 1.97. The molecule has 0 aliphatic rings. The topological polar surface area (TPSA) is 38.7 Å². The molecule has 0 atom stereocenters. The minimum Gasteiger partial charge on any atom is -0.208 e. The predicted octanol–water partition coefficient (Wildman–Crippen LogP) is 10.5. The van der Waals surface area contributed by atoms with Gasteiger partial charge in [-0.05, 0) is 49.9 Å². The maximum atomic E-state index is 5.02. The molecule has 3 nitrogen and oxygen atoms in total. The lowest BCUT2D eigenvalue weighted by Gasteiger charge is -2.14. The van der Waals surface area contributed by atoms with E-state index in [1.807, 2.05) is 60.7 Å². The standard InChI is InChI=1S/C41H27N3/c1-4-13-28(14-5-1)31-25-26-33-32(27-31)19-10-20-34(33)35-21-11-23-37-36(35)22-12-24-38(37)41-43-39(29-15-6-2-7-16-29)42-40(44-41)30-17-8-3-9-18-30/h1-27H. The number of nitrogens with zero attached hydrogens (tertiary/aromatic N) is 3. The minimum absolute atomic E-state index is 0.658. The summed E-state index contributed by atoms with van der Waals surface area (Å²) in [6.45, 7) is 0. The van der Waals surface area contributed by atoms with Crippen LogP contribution < -0.4 is 0 Å². The average molecular weight is 562 g/mol. The van der Waals surface area contributed by atoms with Crippen LogP contribution in [0.15, 0.2) is 164 Å². The highest BCUT2D eigenvalue weighted by atomic mass is 15.0. The highest BCUT2D eigenvalue weighted by molar-refractivity contribution is 6.09. The van der Waals surface area contributed by atoms with E-state index in [4.69, 9.17) is 15.0 Å². The van der Waals surface area contributed by atoms with Crippen LogP contribution in [0, 0.1) is 0 Å². The van der Waals surface area contributed by atoms with E-state index < -0.39 is 0 Å². The van der Waals surface area contributed by atoms with Crippen LogP contribution >= 0.6 is 0 Å². The van der Waals surface area contributed by atoms with Crippen molar-refractivity contribution in [3.8, 4) is 56.4 Å². The molecule has 0 N–H and O–H groups in total. The van der Waals surface area contributed by atoms with Crippen LogP contribution in [0.25, 0.3) is 78.0 Å². The summed E-state index contributed by atoms with van der Waals surface area (Å²) in [5, 5.41) is 4.71. The quantitative estimate of drug-likeness (QED) is 0.210. The number of benzene rings is 7. The number of rotatable bonds is 5. The number of aromatic nitrogens is 3. The number of hydrogen-bond donors (Lipinski definition) is 0. The molecule has 3 heteroatoms. The Kier molecular flexibility index (Phi) is 6.47. The molecule has 0 saturated carbocycles. The Labute approximate surface area is 256 Å². The molecule has 44 heavy (non-hydrogen) atoms. The highest BCUT2D eigenvalue weighted by Crippen LogP contribution is 2.38. The summed E-state index contributed by atoms with van der Waals surface area (Å²) >= 11 is 0. The third-order valence-electron chi connectivity index (χ3n) is 8.14. The van der Waals surface area contributed by atoms with E-state index in [2.05, 4.69) is 103 Å². The van der Waals surface area contributed by atoms with E-state index >= 15 is 0 Å². The third kappa shape index (κ3) is 4.71. The van der Waals surface area contributed by atoms with Crippen LogP contribution in [0.3, 0.4) is 0 Å². The monoisotopic (exact) mass is 561 g/mol. The summed E-state index contributed by atoms with van der Waals surface area (Å²) in [6, 6.07) is 57.0. The largest absolute Gasteiger partial charge is 0.208 e. The van der Waals surface area contributed by atoms with Gasteiger partial charge in [-0.2, -0.15) is 0 Å². The van der Waals surface area contributed by atoms with Crippen LogP contribution in [-0.2, 0) is 0 Å². The lowest BCUT2D eigenvalue weighted by molar-refractivity contribution is 1.08. The highest BCUT2D eigenvalue weighted by Gasteiger charge is 2.16. The second-order valence-electron chi connectivity index (χ2n) is 10.9. The van der Waals surface area contributed by atoms with Gasteiger partial charge in [-0.25, -0.2) is 15.0 Å². The molecule has 0 aliphatic carbocycles. The van der Waals surface area contributed by atoms with Crippen LogP contribution in [0.4, 0.5) is 0 Å². The fourth-order valence-electron chi connectivity index (χ4n) is 6.00. The summed E-state index contributed by atoms with van der Waals surface area (Å²) in [5.41, 5.74) is 7.72. The van der Waals surface area contributed by atoms with Crippen molar-refractivity contribution in [2.75, 3.05) is 0 Å². The molecule has 1 heterocycles. The molecule has 7 aromatic carbocycles. The van der Waals surface area contributed by atoms with Gasteiger partial charge in [0.1, 0.15) is 0 Å². The Morgan fingerprint density at radius 2 is 0.750 bits per heavy atom. The Morgan fingerprint density at radius 1 is 0.273 bits per heavy atom. The summed E-state index contributed by atoms with van der Waals surface area (Å²) < 4.78 is 0. The van der Waals surface area contributed by atoms with Crippen molar-refractivity contribution >= 4 is 21.5 Å². The number of hydrogen-bond acceptors (Lipinski definition) is 3. The first-order valence-electron chi connectivity index (χ1n) is 14.8. The van der Waals surface area contributed by atoms with Crippen molar-refractivity contribution in [3.63, 3.8) is 0 Å². The fraction of sp³-hybridized carbons (Fsp3) is 0. The molecule has 8 aromatic rings. The maximum Gasteiger partial charge on any atom is 0.164 e. The van der Waals surface area contributed by atoms with Gasteiger partial charge < -0.3 is 0 Å². The van der Waals surface area contributed by atoms with Crippen LogP contribution in [0.1, 0.15) is 0 Å². The van der Waals surface area contributed by atoms with Crippen LogP contribution in [0.5, 0.6) is 0 Å². The molecule has 0 fully saturated rings. The second kappa shape index (κ2) is 11.0. The van der Waals surface area contributed by atoms with E-state index in [9.17, 15) is 0 Å². The van der Waals surface area contributed by atoms with Crippen molar-refractivity contribution < 1.29 is 0 Å². The van der Waals surface area contributed by atoms with E-state index in [-0.39, 0.29) is 0 Å². The summed E-state index contributed by atoms with van der Waals surface area (Å²) in [4.78, 5) is 14.9. The zero-order valence-electron chi connectivity index (χ0n) is 23.9. The molecule has 0 amide bonds. The zero-order chi connectivity index (χ0) is 29.3. The fourth-order valence-corrected chi connectivity index (χ4v) is 6.00. The summed E-state index contributed by atoms with van der Waals surface area (Å²) in [7, 11) is 0. The average Bonchev–Trinajstić information content (AvgIpc) is 3.11.